The van der Waals surface area contributed by atoms with Gasteiger partial charge in [-0.05, 0) is 19.3 Å². The van der Waals surface area contributed by atoms with Gasteiger partial charge in [0.25, 0.3) is 0 Å². The number of rotatable bonds is 17. The molecular formula is C23H43NO2. The van der Waals surface area contributed by atoms with Crippen molar-refractivity contribution in [1.82, 2.24) is 5.32 Å². The zero-order chi connectivity index (χ0) is 19.0. The average molecular weight is 366 g/mol. The Morgan fingerprint density at radius 1 is 0.731 bits per heavy atom. The Balaban J connectivity index is 1.79. The van der Waals surface area contributed by atoms with E-state index >= 15 is 0 Å². The fourth-order valence-corrected chi connectivity index (χ4v) is 3.89. The summed E-state index contributed by atoms with van der Waals surface area (Å²) < 4.78 is 0. The first kappa shape index (κ1) is 23.2. The molecule has 1 saturated carbocycles. The van der Waals surface area contributed by atoms with Crippen LogP contribution < -0.4 is 5.32 Å². The summed E-state index contributed by atoms with van der Waals surface area (Å²) in [5.41, 5.74) is 0. The first-order chi connectivity index (χ1) is 12.7. The summed E-state index contributed by atoms with van der Waals surface area (Å²) in [4.78, 5) is 23.4. The smallest absolute Gasteiger partial charge is 0.220 e. The maximum atomic E-state index is 11.9. The van der Waals surface area contributed by atoms with Crippen LogP contribution in [0.25, 0.3) is 0 Å². The molecule has 0 heterocycles. The van der Waals surface area contributed by atoms with Crippen molar-refractivity contribution in [1.29, 1.82) is 0 Å². The van der Waals surface area contributed by atoms with Gasteiger partial charge in [0.2, 0.25) is 5.91 Å². The molecule has 1 N–H and O–H groups in total. The number of unbranched alkanes of at least 4 members (excludes halogenated alkanes) is 12. The molecule has 0 aromatic carbocycles. The molecule has 1 fully saturated rings. The summed E-state index contributed by atoms with van der Waals surface area (Å²) in [6.07, 6.45) is 20.3. The Morgan fingerprint density at radius 2 is 1.19 bits per heavy atom. The number of ketones is 1. The monoisotopic (exact) mass is 365 g/mol. The fraction of sp³-hybridized carbons (Fsp3) is 0.913. The lowest BCUT2D eigenvalue weighted by molar-refractivity contribution is -0.129. The third-order valence-corrected chi connectivity index (χ3v) is 5.81. The van der Waals surface area contributed by atoms with Crippen molar-refractivity contribution >= 4 is 11.7 Å². The van der Waals surface area contributed by atoms with Crippen LogP contribution in [-0.2, 0) is 9.59 Å². The molecule has 0 saturated heterocycles. The summed E-state index contributed by atoms with van der Waals surface area (Å²) in [7, 11) is 0. The van der Waals surface area contributed by atoms with Crippen LogP contribution in [0.15, 0.2) is 0 Å². The van der Waals surface area contributed by atoms with Crippen LogP contribution in [0.5, 0.6) is 0 Å². The second kappa shape index (κ2) is 15.2. The zero-order valence-electron chi connectivity index (χ0n) is 17.5. The molecule has 1 amide bonds. The number of nitrogens with one attached hydrogen (secondary N) is 1. The van der Waals surface area contributed by atoms with Crippen LogP contribution in [0.1, 0.15) is 123 Å². The number of Topliss-reactive ketones (excluding diaryl/α,β-unsaturated/α-hetero) is 1. The largest absolute Gasteiger partial charge is 0.353 e. The van der Waals surface area contributed by atoms with Crippen molar-refractivity contribution in [3.8, 4) is 0 Å². The first-order valence-electron chi connectivity index (χ1n) is 11.5. The zero-order valence-corrected chi connectivity index (χ0v) is 17.5. The topological polar surface area (TPSA) is 46.2 Å². The Morgan fingerprint density at radius 3 is 1.65 bits per heavy atom. The van der Waals surface area contributed by atoms with Crippen molar-refractivity contribution in [3.05, 3.63) is 0 Å². The third-order valence-electron chi connectivity index (χ3n) is 5.81. The van der Waals surface area contributed by atoms with Gasteiger partial charge < -0.3 is 5.32 Å². The average Bonchev–Trinajstić information content (AvgIpc) is 2.61. The fourth-order valence-electron chi connectivity index (χ4n) is 3.89. The number of carbonyl (C=O) groups excluding carboxylic acids is 2. The second-order valence-electron chi connectivity index (χ2n) is 8.25. The van der Waals surface area contributed by atoms with Gasteiger partial charge in [0.05, 0.1) is 0 Å². The Bertz CT molecular complexity index is 374. The van der Waals surface area contributed by atoms with Gasteiger partial charge >= 0.3 is 0 Å². The summed E-state index contributed by atoms with van der Waals surface area (Å²) in [6, 6.07) is 0.255. The number of hydrogen-bond donors (Lipinski definition) is 1. The lowest BCUT2D eigenvalue weighted by Gasteiger charge is -2.34. The van der Waals surface area contributed by atoms with Crippen LogP contribution in [-0.4, -0.2) is 17.7 Å². The summed E-state index contributed by atoms with van der Waals surface area (Å²) in [5.74, 6) is 0.745. The Kier molecular flexibility index (Phi) is 13.6. The molecule has 0 atom stereocenters. The van der Waals surface area contributed by atoms with Crippen LogP contribution in [0, 0.1) is 5.92 Å². The molecule has 26 heavy (non-hydrogen) atoms. The Hall–Kier alpha value is -0.860. The number of carbonyl (C=O) groups is 2. The van der Waals surface area contributed by atoms with E-state index in [1.807, 2.05) is 6.92 Å². The standard InChI is InChI=1S/C23H43NO2/c1-3-5-6-7-8-9-10-11-12-13-14-15-16-17-23(26)24-21-18-20(19-21)22(25)4-2/h20-21H,3-19H2,1-2H3,(H,24,26)/t20-,21+. The maximum absolute atomic E-state index is 11.9. The number of hydrogen-bond acceptors (Lipinski definition) is 2. The predicted molar refractivity (Wildman–Crippen MR) is 110 cm³/mol. The lowest BCUT2D eigenvalue weighted by Crippen LogP contribution is -2.46. The van der Waals surface area contributed by atoms with E-state index in [0.29, 0.717) is 18.6 Å². The summed E-state index contributed by atoms with van der Waals surface area (Å²) >= 11 is 0. The minimum Gasteiger partial charge on any atom is -0.353 e. The van der Waals surface area contributed by atoms with Gasteiger partial charge in [-0.25, -0.2) is 0 Å². The van der Waals surface area contributed by atoms with Crippen molar-refractivity contribution in [3.63, 3.8) is 0 Å². The van der Waals surface area contributed by atoms with E-state index < -0.39 is 0 Å². The van der Waals surface area contributed by atoms with Gasteiger partial charge in [-0.3, -0.25) is 9.59 Å². The summed E-state index contributed by atoms with van der Waals surface area (Å²) in [5, 5.41) is 3.08. The van der Waals surface area contributed by atoms with Crippen LogP contribution in [0.2, 0.25) is 0 Å². The highest BCUT2D eigenvalue weighted by molar-refractivity contribution is 5.82. The highest BCUT2D eigenvalue weighted by atomic mass is 16.1. The Labute approximate surface area is 162 Å². The van der Waals surface area contributed by atoms with E-state index in [9.17, 15) is 9.59 Å². The van der Waals surface area contributed by atoms with E-state index in [1.165, 1.54) is 77.0 Å². The molecule has 1 rings (SSSR count). The lowest BCUT2D eigenvalue weighted by atomic mass is 9.77. The molecule has 0 spiro atoms. The minimum absolute atomic E-state index is 0.181. The molecule has 3 nitrogen and oxygen atoms in total. The number of amides is 1. The molecular weight excluding hydrogens is 322 g/mol. The van der Waals surface area contributed by atoms with Gasteiger partial charge in [-0.15, -0.1) is 0 Å². The van der Waals surface area contributed by atoms with Crippen molar-refractivity contribution in [2.75, 3.05) is 0 Å². The molecule has 3 heteroatoms. The SMILES string of the molecule is CCCCCCCCCCCCCCCC(=O)N[C@H]1C[C@@H](C(=O)CC)C1. The van der Waals surface area contributed by atoms with E-state index in [1.54, 1.807) is 0 Å². The molecule has 0 radical (unpaired) electrons. The van der Waals surface area contributed by atoms with Crippen LogP contribution >= 0.6 is 0 Å². The van der Waals surface area contributed by atoms with Gasteiger partial charge in [-0.2, -0.15) is 0 Å². The maximum Gasteiger partial charge on any atom is 0.220 e. The highest BCUT2D eigenvalue weighted by Crippen LogP contribution is 2.29. The van der Waals surface area contributed by atoms with Crippen molar-refractivity contribution in [2.45, 2.75) is 129 Å². The second-order valence-corrected chi connectivity index (χ2v) is 8.25. The molecule has 1 aliphatic carbocycles. The molecule has 0 aromatic heterocycles. The molecule has 0 aliphatic heterocycles. The quantitative estimate of drug-likeness (QED) is 0.306. The van der Waals surface area contributed by atoms with E-state index in [2.05, 4.69) is 12.2 Å². The third kappa shape index (κ3) is 11.0. The van der Waals surface area contributed by atoms with Gasteiger partial charge in [0, 0.05) is 24.8 Å². The highest BCUT2D eigenvalue weighted by Gasteiger charge is 2.33. The molecule has 0 bridgehead atoms. The van der Waals surface area contributed by atoms with Crippen molar-refractivity contribution < 1.29 is 9.59 Å². The predicted octanol–water partition coefficient (Wildman–Crippen LogP) is 6.34. The first-order valence-corrected chi connectivity index (χ1v) is 11.5. The van der Waals surface area contributed by atoms with Gasteiger partial charge in [0.15, 0.2) is 0 Å². The molecule has 0 unspecified atom stereocenters. The van der Waals surface area contributed by atoms with Crippen LogP contribution in [0.4, 0.5) is 0 Å². The molecule has 152 valence electrons. The van der Waals surface area contributed by atoms with E-state index in [0.717, 1.165) is 19.3 Å². The van der Waals surface area contributed by atoms with E-state index in [-0.39, 0.29) is 17.9 Å². The molecule has 1 aliphatic rings. The summed E-state index contributed by atoms with van der Waals surface area (Å²) in [6.45, 7) is 4.19. The van der Waals surface area contributed by atoms with Gasteiger partial charge in [-0.1, -0.05) is 90.9 Å². The normalized spacial score (nSPS) is 19.2. The minimum atomic E-state index is 0.181. The van der Waals surface area contributed by atoms with Crippen LogP contribution in [0.3, 0.4) is 0 Å². The van der Waals surface area contributed by atoms with Crippen molar-refractivity contribution in [2.24, 2.45) is 5.92 Å². The molecule has 0 aromatic rings. The van der Waals surface area contributed by atoms with Gasteiger partial charge in [0.1, 0.15) is 5.78 Å². The van der Waals surface area contributed by atoms with E-state index in [4.69, 9.17) is 0 Å².